The van der Waals surface area contributed by atoms with Crippen LogP contribution in [0.25, 0.3) is 11.3 Å². The highest BCUT2D eigenvalue weighted by atomic mass is 127. The lowest BCUT2D eigenvalue weighted by molar-refractivity contribution is 0.270. The lowest BCUT2D eigenvalue weighted by Gasteiger charge is -2.09. The third-order valence-corrected chi connectivity index (χ3v) is 3.63. The predicted molar refractivity (Wildman–Crippen MR) is 77.5 cm³/mol. The maximum Gasteiger partial charge on any atom is 0.0831 e. The Kier molecular flexibility index (Phi) is 4.30. The zero-order valence-corrected chi connectivity index (χ0v) is 12.4. The molecule has 1 aromatic heterocycles. The Labute approximate surface area is 122 Å². The summed E-state index contributed by atoms with van der Waals surface area (Å²) in [6.45, 7) is 0.479. The first-order valence-corrected chi connectivity index (χ1v) is 6.74. The fourth-order valence-corrected chi connectivity index (χ4v) is 2.77. The van der Waals surface area contributed by atoms with E-state index >= 15 is 0 Å². The normalized spacial score (nSPS) is 10.8. The lowest BCUT2D eigenvalue weighted by Crippen LogP contribution is -2.06. The monoisotopic (exact) mass is 382 g/mol. The van der Waals surface area contributed by atoms with Gasteiger partial charge < -0.3 is 5.11 Å². The van der Waals surface area contributed by atoms with Crippen molar-refractivity contribution < 1.29 is 5.11 Å². The zero-order valence-electron chi connectivity index (χ0n) is 8.70. The van der Waals surface area contributed by atoms with Crippen molar-refractivity contribution in [3.05, 3.63) is 38.0 Å². The maximum absolute atomic E-state index is 9.00. The molecule has 0 bridgehead atoms. The SMILES string of the molecule is OCCn1ncc(I)c1-c1ccc(Cl)cc1Cl. The summed E-state index contributed by atoms with van der Waals surface area (Å²) in [6.07, 6.45) is 1.75. The molecule has 17 heavy (non-hydrogen) atoms. The van der Waals surface area contributed by atoms with Gasteiger partial charge in [0.15, 0.2) is 0 Å². The van der Waals surface area contributed by atoms with Crippen LogP contribution in [0.15, 0.2) is 24.4 Å². The Bertz CT molecular complexity index is 542. The van der Waals surface area contributed by atoms with Crippen molar-refractivity contribution in [1.82, 2.24) is 9.78 Å². The van der Waals surface area contributed by atoms with E-state index in [2.05, 4.69) is 27.7 Å². The van der Waals surface area contributed by atoms with E-state index in [1.165, 1.54) is 0 Å². The Hall–Kier alpha value is -0.300. The molecular weight excluding hydrogens is 374 g/mol. The largest absolute Gasteiger partial charge is 0.394 e. The molecule has 0 aliphatic heterocycles. The number of halogens is 3. The van der Waals surface area contributed by atoms with E-state index in [-0.39, 0.29) is 6.61 Å². The molecule has 1 aromatic carbocycles. The molecule has 0 fully saturated rings. The summed E-state index contributed by atoms with van der Waals surface area (Å²) in [7, 11) is 0. The molecule has 0 atom stereocenters. The highest BCUT2D eigenvalue weighted by molar-refractivity contribution is 14.1. The molecule has 0 aliphatic carbocycles. The van der Waals surface area contributed by atoms with Crippen LogP contribution in [0.5, 0.6) is 0 Å². The average Bonchev–Trinajstić information content (AvgIpc) is 2.62. The molecule has 3 nitrogen and oxygen atoms in total. The Balaban J connectivity index is 2.55. The summed E-state index contributed by atoms with van der Waals surface area (Å²) >= 11 is 14.2. The van der Waals surface area contributed by atoms with Gasteiger partial charge in [0.05, 0.1) is 33.6 Å². The first-order valence-electron chi connectivity index (χ1n) is 4.91. The Morgan fingerprint density at radius 3 is 2.76 bits per heavy atom. The fraction of sp³-hybridized carbons (Fsp3) is 0.182. The van der Waals surface area contributed by atoms with Crippen molar-refractivity contribution in [2.45, 2.75) is 6.54 Å². The van der Waals surface area contributed by atoms with Gasteiger partial charge >= 0.3 is 0 Å². The van der Waals surface area contributed by atoms with Crippen molar-refractivity contribution in [1.29, 1.82) is 0 Å². The third kappa shape index (κ3) is 2.76. The smallest absolute Gasteiger partial charge is 0.0831 e. The molecule has 0 aliphatic rings. The van der Waals surface area contributed by atoms with Crippen molar-refractivity contribution in [2.75, 3.05) is 6.61 Å². The zero-order chi connectivity index (χ0) is 12.4. The quantitative estimate of drug-likeness (QED) is 0.825. The molecule has 0 saturated carbocycles. The van der Waals surface area contributed by atoms with Gasteiger partial charge in [-0.1, -0.05) is 23.2 Å². The van der Waals surface area contributed by atoms with E-state index in [9.17, 15) is 0 Å². The molecule has 90 valence electrons. The van der Waals surface area contributed by atoms with Crippen LogP contribution in [0.4, 0.5) is 0 Å². The van der Waals surface area contributed by atoms with Gasteiger partial charge in [0.1, 0.15) is 0 Å². The van der Waals surface area contributed by atoms with E-state index < -0.39 is 0 Å². The van der Waals surface area contributed by atoms with Crippen LogP contribution in [0.3, 0.4) is 0 Å². The van der Waals surface area contributed by atoms with Gasteiger partial charge in [-0.05, 0) is 40.8 Å². The van der Waals surface area contributed by atoms with Crippen LogP contribution in [0.2, 0.25) is 10.0 Å². The molecule has 1 N–H and O–H groups in total. The first kappa shape index (κ1) is 13.1. The Morgan fingerprint density at radius 2 is 2.12 bits per heavy atom. The van der Waals surface area contributed by atoms with Gasteiger partial charge in [0, 0.05) is 10.6 Å². The summed E-state index contributed by atoms with van der Waals surface area (Å²) in [5.41, 5.74) is 1.77. The number of hydrogen-bond donors (Lipinski definition) is 1. The predicted octanol–water partition coefficient (Wildman–Crippen LogP) is 3.45. The highest BCUT2D eigenvalue weighted by Crippen LogP contribution is 2.33. The molecule has 0 radical (unpaired) electrons. The van der Waals surface area contributed by atoms with Gasteiger partial charge in [0.25, 0.3) is 0 Å². The van der Waals surface area contributed by atoms with E-state index in [1.807, 2.05) is 6.07 Å². The van der Waals surface area contributed by atoms with Gasteiger partial charge in [-0.15, -0.1) is 0 Å². The fourth-order valence-electron chi connectivity index (χ4n) is 1.58. The van der Waals surface area contributed by atoms with E-state index in [4.69, 9.17) is 28.3 Å². The standard InChI is InChI=1S/C11H9Cl2IN2O/c12-7-1-2-8(9(13)5-7)11-10(14)6-15-16(11)3-4-17/h1-2,5-6,17H,3-4H2. The number of benzene rings is 1. The summed E-state index contributed by atoms with van der Waals surface area (Å²) < 4.78 is 2.72. The third-order valence-electron chi connectivity index (χ3n) is 2.29. The molecule has 0 unspecified atom stereocenters. The highest BCUT2D eigenvalue weighted by Gasteiger charge is 2.14. The summed E-state index contributed by atoms with van der Waals surface area (Å²) in [6, 6.07) is 5.34. The summed E-state index contributed by atoms with van der Waals surface area (Å²) in [5.74, 6) is 0. The van der Waals surface area contributed by atoms with E-state index in [1.54, 1.807) is 23.0 Å². The van der Waals surface area contributed by atoms with Crippen LogP contribution in [-0.4, -0.2) is 21.5 Å². The molecule has 0 spiro atoms. The number of aliphatic hydroxyl groups excluding tert-OH is 1. The first-order chi connectivity index (χ1) is 8.13. The minimum Gasteiger partial charge on any atom is -0.394 e. The van der Waals surface area contributed by atoms with Crippen LogP contribution < -0.4 is 0 Å². The van der Waals surface area contributed by atoms with Crippen molar-refractivity contribution in [3.63, 3.8) is 0 Å². The molecule has 0 saturated heterocycles. The summed E-state index contributed by atoms with van der Waals surface area (Å²) in [4.78, 5) is 0. The lowest BCUT2D eigenvalue weighted by atomic mass is 10.1. The minimum atomic E-state index is 0.0377. The van der Waals surface area contributed by atoms with E-state index in [0.717, 1.165) is 14.8 Å². The van der Waals surface area contributed by atoms with Crippen molar-refractivity contribution in [2.24, 2.45) is 0 Å². The van der Waals surface area contributed by atoms with Crippen molar-refractivity contribution >= 4 is 45.8 Å². The van der Waals surface area contributed by atoms with Crippen LogP contribution in [0, 0.1) is 3.57 Å². The molecule has 2 aromatic rings. The van der Waals surface area contributed by atoms with Crippen LogP contribution >= 0.6 is 45.8 Å². The van der Waals surface area contributed by atoms with Gasteiger partial charge in [-0.3, -0.25) is 4.68 Å². The summed E-state index contributed by atoms with van der Waals surface area (Å²) in [5, 5.41) is 14.4. The van der Waals surface area contributed by atoms with Gasteiger partial charge in [0.2, 0.25) is 0 Å². The average molecular weight is 383 g/mol. The number of rotatable bonds is 3. The second kappa shape index (κ2) is 5.56. The van der Waals surface area contributed by atoms with Crippen LogP contribution in [0.1, 0.15) is 0 Å². The van der Waals surface area contributed by atoms with E-state index in [0.29, 0.717) is 16.6 Å². The Morgan fingerprint density at radius 1 is 1.35 bits per heavy atom. The number of aliphatic hydroxyl groups is 1. The second-order valence-electron chi connectivity index (χ2n) is 3.41. The topological polar surface area (TPSA) is 38.0 Å². The van der Waals surface area contributed by atoms with Crippen molar-refractivity contribution in [3.8, 4) is 11.3 Å². The molecule has 0 amide bonds. The maximum atomic E-state index is 9.00. The second-order valence-corrected chi connectivity index (χ2v) is 5.42. The van der Waals surface area contributed by atoms with Gasteiger partial charge in [-0.2, -0.15) is 5.10 Å². The molecule has 1 heterocycles. The molecule has 2 rings (SSSR count). The minimum absolute atomic E-state index is 0.0377. The van der Waals surface area contributed by atoms with Crippen LogP contribution in [-0.2, 0) is 6.54 Å². The van der Waals surface area contributed by atoms with Gasteiger partial charge in [-0.25, -0.2) is 0 Å². The number of aromatic nitrogens is 2. The number of hydrogen-bond acceptors (Lipinski definition) is 2. The molecule has 6 heteroatoms. The molecular formula is C11H9Cl2IN2O. The number of nitrogens with zero attached hydrogens (tertiary/aromatic N) is 2.